The number of hydrogen-bond donors (Lipinski definition) is 0. The lowest BCUT2D eigenvalue weighted by atomic mass is 10.1. The lowest BCUT2D eigenvalue weighted by Gasteiger charge is -2.02. The first kappa shape index (κ1) is 17.2. The highest BCUT2D eigenvalue weighted by atomic mass is 35.5. The van der Waals surface area contributed by atoms with Gasteiger partial charge in [-0.3, -0.25) is 4.68 Å². The first-order valence-corrected chi connectivity index (χ1v) is 9.75. The molecular weight excluding hydrogens is 368 g/mol. The standard InChI is InChI=1S/C18H19ClN6S/c1-4-7-13-15(19)16(24(3)22-13)17-23-25-14(20-21-18(25)26-17)10-12-9-6-5-8-11(12)2/h5-6,8-9H,4,7,10H2,1-3H3. The maximum Gasteiger partial charge on any atom is 0.235 e. The number of aryl methyl sites for hydroxylation is 3. The fraction of sp³-hybridized carbons (Fsp3) is 0.333. The van der Waals surface area contributed by atoms with Crippen LogP contribution in [0.5, 0.6) is 0 Å². The van der Waals surface area contributed by atoms with Crippen LogP contribution in [0.25, 0.3) is 15.7 Å². The minimum atomic E-state index is 0.680. The lowest BCUT2D eigenvalue weighted by Crippen LogP contribution is -2.00. The summed E-state index contributed by atoms with van der Waals surface area (Å²) in [7, 11) is 1.90. The predicted molar refractivity (Wildman–Crippen MR) is 104 cm³/mol. The Morgan fingerprint density at radius 1 is 1.15 bits per heavy atom. The molecule has 8 heteroatoms. The predicted octanol–water partition coefficient (Wildman–Crippen LogP) is 4.09. The Labute approximate surface area is 160 Å². The molecule has 0 amide bonds. The molecule has 4 rings (SSSR count). The summed E-state index contributed by atoms with van der Waals surface area (Å²) < 4.78 is 3.62. The zero-order valence-electron chi connectivity index (χ0n) is 14.9. The van der Waals surface area contributed by atoms with Crippen LogP contribution in [0.1, 0.15) is 36.0 Å². The van der Waals surface area contributed by atoms with E-state index in [0.717, 1.165) is 40.0 Å². The molecule has 3 heterocycles. The van der Waals surface area contributed by atoms with Gasteiger partial charge in [-0.25, -0.2) is 0 Å². The molecule has 26 heavy (non-hydrogen) atoms. The third kappa shape index (κ3) is 2.91. The number of nitrogens with zero attached hydrogens (tertiary/aromatic N) is 6. The molecule has 4 aromatic rings. The summed E-state index contributed by atoms with van der Waals surface area (Å²) in [5.74, 6) is 0.823. The summed E-state index contributed by atoms with van der Waals surface area (Å²) in [5, 5.41) is 19.4. The van der Waals surface area contributed by atoms with Crippen LogP contribution in [0.3, 0.4) is 0 Å². The maximum absolute atomic E-state index is 6.57. The Morgan fingerprint density at radius 2 is 1.96 bits per heavy atom. The molecule has 0 spiro atoms. The molecule has 0 saturated heterocycles. The smallest absolute Gasteiger partial charge is 0.235 e. The fourth-order valence-electron chi connectivity index (χ4n) is 3.02. The summed E-state index contributed by atoms with van der Waals surface area (Å²) in [4.78, 5) is 0.762. The van der Waals surface area contributed by atoms with Crippen molar-refractivity contribution in [3.05, 3.63) is 51.9 Å². The SMILES string of the molecule is CCCc1nn(C)c(-c2nn3c(Cc4ccccc4C)nnc3s2)c1Cl. The highest BCUT2D eigenvalue weighted by Crippen LogP contribution is 2.33. The van der Waals surface area contributed by atoms with Gasteiger partial charge in [-0.05, 0) is 24.5 Å². The van der Waals surface area contributed by atoms with Gasteiger partial charge in [-0.2, -0.15) is 14.7 Å². The second-order valence-electron chi connectivity index (χ2n) is 6.30. The number of hydrogen-bond acceptors (Lipinski definition) is 5. The topological polar surface area (TPSA) is 60.9 Å². The van der Waals surface area contributed by atoms with Crippen LogP contribution in [-0.4, -0.2) is 29.6 Å². The van der Waals surface area contributed by atoms with E-state index in [0.29, 0.717) is 11.4 Å². The average Bonchev–Trinajstić information content (AvgIpc) is 3.25. The molecule has 0 atom stereocenters. The molecule has 0 saturated carbocycles. The zero-order chi connectivity index (χ0) is 18.3. The number of benzene rings is 1. The second kappa shape index (κ2) is 6.81. The molecule has 0 aliphatic heterocycles. The number of rotatable bonds is 5. The molecule has 1 aromatic carbocycles. The van der Waals surface area contributed by atoms with Gasteiger partial charge in [0.1, 0.15) is 5.69 Å². The molecule has 134 valence electrons. The zero-order valence-corrected chi connectivity index (χ0v) is 16.5. The normalized spacial score (nSPS) is 11.5. The highest BCUT2D eigenvalue weighted by Gasteiger charge is 2.21. The molecule has 0 radical (unpaired) electrons. The maximum atomic E-state index is 6.57. The van der Waals surface area contributed by atoms with Crippen LogP contribution in [0.2, 0.25) is 5.02 Å². The van der Waals surface area contributed by atoms with E-state index < -0.39 is 0 Å². The number of halogens is 1. The van der Waals surface area contributed by atoms with Crippen LogP contribution >= 0.6 is 22.9 Å². The quantitative estimate of drug-likeness (QED) is 0.518. The van der Waals surface area contributed by atoms with Crippen LogP contribution in [-0.2, 0) is 19.9 Å². The van der Waals surface area contributed by atoms with Gasteiger partial charge in [-0.15, -0.1) is 10.2 Å². The molecule has 0 N–H and O–H groups in total. The minimum Gasteiger partial charge on any atom is -0.264 e. The van der Waals surface area contributed by atoms with Crippen molar-refractivity contribution in [2.45, 2.75) is 33.1 Å². The third-order valence-electron chi connectivity index (χ3n) is 4.41. The van der Waals surface area contributed by atoms with Crippen molar-refractivity contribution in [3.63, 3.8) is 0 Å². The van der Waals surface area contributed by atoms with E-state index in [1.54, 1.807) is 4.68 Å². The Kier molecular flexibility index (Phi) is 4.50. The second-order valence-corrected chi connectivity index (χ2v) is 7.64. The van der Waals surface area contributed by atoms with Crippen molar-refractivity contribution in [3.8, 4) is 10.7 Å². The van der Waals surface area contributed by atoms with Crippen molar-refractivity contribution in [1.82, 2.24) is 29.6 Å². The van der Waals surface area contributed by atoms with Crippen LogP contribution in [0, 0.1) is 6.92 Å². The summed E-state index contributed by atoms with van der Waals surface area (Å²) in [5.41, 5.74) is 4.21. The van der Waals surface area contributed by atoms with Crippen molar-refractivity contribution >= 4 is 27.9 Å². The highest BCUT2D eigenvalue weighted by molar-refractivity contribution is 7.19. The van der Waals surface area contributed by atoms with Crippen LogP contribution in [0.4, 0.5) is 0 Å². The molecule has 6 nitrogen and oxygen atoms in total. The van der Waals surface area contributed by atoms with E-state index in [-0.39, 0.29) is 0 Å². The Balaban J connectivity index is 1.74. The summed E-state index contributed by atoms with van der Waals surface area (Å²) in [6.45, 7) is 4.22. The number of fused-ring (bicyclic) bond motifs is 1. The fourth-order valence-corrected chi connectivity index (χ4v) is 4.37. The molecule has 0 fully saturated rings. The molecule has 0 aliphatic carbocycles. The summed E-state index contributed by atoms with van der Waals surface area (Å²) in [6, 6.07) is 8.29. The van der Waals surface area contributed by atoms with Gasteiger partial charge >= 0.3 is 0 Å². The van der Waals surface area contributed by atoms with Crippen molar-refractivity contribution < 1.29 is 0 Å². The van der Waals surface area contributed by atoms with E-state index in [2.05, 4.69) is 41.3 Å². The van der Waals surface area contributed by atoms with E-state index in [4.69, 9.17) is 16.7 Å². The van der Waals surface area contributed by atoms with Gasteiger partial charge < -0.3 is 0 Å². The number of aromatic nitrogens is 6. The first-order valence-electron chi connectivity index (χ1n) is 8.55. The lowest BCUT2D eigenvalue weighted by molar-refractivity contribution is 0.736. The summed E-state index contributed by atoms with van der Waals surface area (Å²) >= 11 is 8.04. The van der Waals surface area contributed by atoms with Gasteiger partial charge in [0.2, 0.25) is 4.96 Å². The van der Waals surface area contributed by atoms with Gasteiger partial charge in [0.05, 0.1) is 10.7 Å². The van der Waals surface area contributed by atoms with Gasteiger partial charge in [-0.1, -0.05) is 60.5 Å². The first-order chi connectivity index (χ1) is 12.6. The molecular formula is C18H19ClN6S. The van der Waals surface area contributed by atoms with Crippen LogP contribution < -0.4 is 0 Å². The Bertz CT molecular complexity index is 1080. The van der Waals surface area contributed by atoms with E-state index in [9.17, 15) is 0 Å². The molecule has 0 unspecified atom stereocenters. The van der Waals surface area contributed by atoms with E-state index in [1.807, 2.05) is 23.7 Å². The minimum absolute atomic E-state index is 0.680. The van der Waals surface area contributed by atoms with Crippen molar-refractivity contribution in [2.24, 2.45) is 7.05 Å². The monoisotopic (exact) mass is 386 g/mol. The largest absolute Gasteiger partial charge is 0.264 e. The average molecular weight is 387 g/mol. The van der Waals surface area contributed by atoms with E-state index >= 15 is 0 Å². The Morgan fingerprint density at radius 3 is 2.73 bits per heavy atom. The van der Waals surface area contributed by atoms with Crippen molar-refractivity contribution in [1.29, 1.82) is 0 Å². The third-order valence-corrected chi connectivity index (χ3v) is 5.71. The Hall–Kier alpha value is -2.25. The summed E-state index contributed by atoms with van der Waals surface area (Å²) in [6.07, 6.45) is 2.55. The van der Waals surface area contributed by atoms with Gasteiger partial charge in [0, 0.05) is 13.5 Å². The van der Waals surface area contributed by atoms with Crippen molar-refractivity contribution in [2.75, 3.05) is 0 Å². The van der Waals surface area contributed by atoms with Gasteiger partial charge in [0.15, 0.2) is 10.8 Å². The molecule has 0 aliphatic rings. The molecule has 0 bridgehead atoms. The van der Waals surface area contributed by atoms with E-state index in [1.165, 1.54) is 22.5 Å². The van der Waals surface area contributed by atoms with Gasteiger partial charge in [0.25, 0.3) is 0 Å². The van der Waals surface area contributed by atoms with Crippen LogP contribution in [0.15, 0.2) is 24.3 Å². The molecule has 3 aromatic heterocycles.